The molecule has 0 atom stereocenters. The Kier molecular flexibility index (Phi) is 4.35. The number of rotatable bonds is 5. The van der Waals surface area contributed by atoms with Gasteiger partial charge >= 0.3 is 5.97 Å². The Hall–Kier alpha value is -1.13. The van der Waals surface area contributed by atoms with Crippen LogP contribution in [0.2, 0.25) is 0 Å². The van der Waals surface area contributed by atoms with Crippen LogP contribution >= 0.6 is 0 Å². The number of piperidine rings is 1. The van der Waals surface area contributed by atoms with Gasteiger partial charge in [0.15, 0.2) is 0 Å². The number of carbonyl (C=O) groups is 1. The van der Waals surface area contributed by atoms with Gasteiger partial charge in [-0.15, -0.1) is 4.91 Å². The summed E-state index contributed by atoms with van der Waals surface area (Å²) in [6.45, 7) is 1.45. The molecule has 0 aromatic rings. The number of aliphatic carboxylic acids is 1. The highest BCUT2D eigenvalue weighted by Crippen LogP contribution is 2.22. The van der Waals surface area contributed by atoms with Crippen LogP contribution in [0, 0.1) is 10.8 Å². The van der Waals surface area contributed by atoms with E-state index in [1.54, 1.807) is 0 Å². The van der Waals surface area contributed by atoms with E-state index in [-0.39, 0.29) is 6.42 Å². The van der Waals surface area contributed by atoms with Crippen molar-refractivity contribution in [3.05, 3.63) is 4.91 Å². The van der Waals surface area contributed by atoms with Gasteiger partial charge in [0.2, 0.25) is 0 Å². The lowest BCUT2D eigenvalue weighted by atomic mass is 9.92. The second kappa shape index (κ2) is 5.57. The van der Waals surface area contributed by atoms with Crippen LogP contribution in [-0.2, 0) is 4.79 Å². The van der Waals surface area contributed by atoms with Crippen LogP contribution in [0.25, 0.3) is 0 Å². The minimum Gasteiger partial charge on any atom is -0.481 e. The zero-order valence-electron chi connectivity index (χ0n) is 8.19. The van der Waals surface area contributed by atoms with Gasteiger partial charge in [0.25, 0.3) is 0 Å². The third-order valence-corrected chi connectivity index (χ3v) is 2.71. The van der Waals surface area contributed by atoms with E-state index in [1.165, 1.54) is 5.01 Å². The first-order valence-corrected chi connectivity index (χ1v) is 5.02. The first-order chi connectivity index (χ1) is 6.72. The van der Waals surface area contributed by atoms with Crippen LogP contribution in [0.15, 0.2) is 5.29 Å². The fraction of sp³-hybridized carbons (Fsp3) is 0.889. The SMILES string of the molecule is O=NN1CCC(CCCC(=O)O)CC1. The van der Waals surface area contributed by atoms with E-state index in [2.05, 4.69) is 5.29 Å². The van der Waals surface area contributed by atoms with E-state index in [0.29, 0.717) is 5.92 Å². The van der Waals surface area contributed by atoms with Crippen molar-refractivity contribution in [2.45, 2.75) is 32.1 Å². The Morgan fingerprint density at radius 2 is 2.07 bits per heavy atom. The van der Waals surface area contributed by atoms with Gasteiger partial charge in [0.1, 0.15) is 0 Å². The molecular weight excluding hydrogens is 184 g/mol. The van der Waals surface area contributed by atoms with E-state index in [9.17, 15) is 9.70 Å². The summed E-state index contributed by atoms with van der Waals surface area (Å²) in [6.07, 6.45) is 3.89. The largest absolute Gasteiger partial charge is 0.481 e. The molecule has 0 bridgehead atoms. The predicted molar refractivity (Wildman–Crippen MR) is 51.6 cm³/mol. The zero-order valence-corrected chi connectivity index (χ0v) is 8.19. The van der Waals surface area contributed by atoms with Gasteiger partial charge in [-0.1, -0.05) is 0 Å². The molecule has 0 unspecified atom stereocenters. The molecular formula is C9H16N2O3. The standard InChI is InChI=1S/C9H16N2O3/c12-9(13)3-1-2-8-4-6-11(10-14)7-5-8/h8H,1-7H2,(H,12,13). The summed E-state index contributed by atoms with van der Waals surface area (Å²) >= 11 is 0. The number of hydrogen-bond donors (Lipinski definition) is 1. The Balaban J connectivity index is 2.10. The Morgan fingerprint density at radius 3 is 2.57 bits per heavy atom. The molecule has 0 radical (unpaired) electrons. The lowest BCUT2D eigenvalue weighted by Gasteiger charge is -2.27. The summed E-state index contributed by atoms with van der Waals surface area (Å²) < 4.78 is 0. The first-order valence-electron chi connectivity index (χ1n) is 5.02. The van der Waals surface area contributed by atoms with Gasteiger partial charge in [-0.2, -0.15) is 0 Å². The molecule has 1 aliphatic heterocycles. The topological polar surface area (TPSA) is 70.0 Å². The first kappa shape index (κ1) is 10.9. The monoisotopic (exact) mass is 200 g/mol. The summed E-state index contributed by atoms with van der Waals surface area (Å²) in [6, 6.07) is 0. The quantitative estimate of drug-likeness (QED) is 0.685. The Morgan fingerprint density at radius 1 is 1.43 bits per heavy atom. The molecule has 1 fully saturated rings. The third-order valence-electron chi connectivity index (χ3n) is 2.71. The molecule has 1 aliphatic rings. The van der Waals surface area contributed by atoms with Crippen LogP contribution in [-0.4, -0.2) is 29.2 Å². The van der Waals surface area contributed by atoms with Crippen molar-refractivity contribution in [1.82, 2.24) is 5.01 Å². The molecule has 80 valence electrons. The Labute approximate surface area is 83.0 Å². The molecule has 1 rings (SSSR count). The van der Waals surface area contributed by atoms with Crippen LogP contribution in [0.1, 0.15) is 32.1 Å². The average molecular weight is 200 g/mol. The minimum atomic E-state index is -0.725. The minimum absolute atomic E-state index is 0.256. The number of nitrogens with zero attached hydrogens (tertiary/aromatic N) is 2. The van der Waals surface area contributed by atoms with Crippen LogP contribution < -0.4 is 0 Å². The lowest BCUT2D eigenvalue weighted by Crippen LogP contribution is -2.29. The highest BCUT2D eigenvalue weighted by atomic mass is 16.4. The van der Waals surface area contributed by atoms with Crippen molar-refractivity contribution in [3.8, 4) is 0 Å². The highest BCUT2D eigenvalue weighted by molar-refractivity contribution is 5.66. The second-order valence-corrected chi connectivity index (χ2v) is 3.76. The molecule has 14 heavy (non-hydrogen) atoms. The molecule has 5 heteroatoms. The number of hydrogen-bond acceptors (Lipinski definition) is 3. The maximum atomic E-state index is 10.3. The van der Waals surface area contributed by atoms with Gasteiger partial charge in [-0.25, -0.2) is 0 Å². The number of carboxylic acids is 1. The van der Waals surface area contributed by atoms with Crippen LogP contribution in [0.3, 0.4) is 0 Å². The van der Waals surface area contributed by atoms with Gasteiger partial charge in [-0.05, 0) is 31.6 Å². The summed E-state index contributed by atoms with van der Waals surface area (Å²) in [5, 5.41) is 12.9. The molecule has 0 aromatic carbocycles. The van der Waals surface area contributed by atoms with Crippen LogP contribution in [0.5, 0.6) is 0 Å². The smallest absolute Gasteiger partial charge is 0.303 e. The summed E-state index contributed by atoms with van der Waals surface area (Å²) in [4.78, 5) is 20.4. The van der Waals surface area contributed by atoms with Crippen molar-refractivity contribution in [3.63, 3.8) is 0 Å². The van der Waals surface area contributed by atoms with Crippen molar-refractivity contribution >= 4 is 5.97 Å². The van der Waals surface area contributed by atoms with E-state index in [0.717, 1.165) is 38.8 Å². The predicted octanol–water partition coefficient (Wildman–Crippen LogP) is 1.63. The van der Waals surface area contributed by atoms with Crippen LogP contribution in [0.4, 0.5) is 0 Å². The normalized spacial score (nSPS) is 18.1. The van der Waals surface area contributed by atoms with Crippen molar-refractivity contribution in [2.75, 3.05) is 13.1 Å². The van der Waals surface area contributed by atoms with Gasteiger partial charge < -0.3 is 5.11 Å². The molecule has 1 N–H and O–H groups in total. The molecule has 0 spiro atoms. The van der Waals surface area contributed by atoms with Crippen molar-refractivity contribution in [2.24, 2.45) is 11.2 Å². The molecule has 0 saturated carbocycles. The third kappa shape index (κ3) is 3.72. The zero-order chi connectivity index (χ0) is 10.4. The number of carboxylic acid groups (broad SMARTS) is 1. The summed E-state index contributed by atoms with van der Waals surface area (Å²) in [5.41, 5.74) is 0. The molecule has 5 nitrogen and oxygen atoms in total. The van der Waals surface area contributed by atoms with Gasteiger partial charge in [0.05, 0.1) is 5.29 Å². The molecule has 0 amide bonds. The number of nitroso groups, excluding NO2 is 1. The van der Waals surface area contributed by atoms with Gasteiger partial charge in [0, 0.05) is 19.5 Å². The average Bonchev–Trinajstić information content (AvgIpc) is 2.18. The maximum Gasteiger partial charge on any atom is 0.303 e. The van der Waals surface area contributed by atoms with E-state index >= 15 is 0 Å². The van der Waals surface area contributed by atoms with E-state index < -0.39 is 5.97 Å². The summed E-state index contributed by atoms with van der Waals surface area (Å²) in [5.74, 6) is -0.149. The molecule has 0 aliphatic carbocycles. The van der Waals surface area contributed by atoms with Crippen molar-refractivity contribution in [1.29, 1.82) is 0 Å². The lowest BCUT2D eigenvalue weighted by molar-refractivity contribution is -0.137. The summed E-state index contributed by atoms with van der Waals surface area (Å²) in [7, 11) is 0. The van der Waals surface area contributed by atoms with Crippen molar-refractivity contribution < 1.29 is 9.90 Å². The van der Waals surface area contributed by atoms with E-state index in [1.807, 2.05) is 0 Å². The fourth-order valence-corrected chi connectivity index (χ4v) is 1.83. The highest BCUT2D eigenvalue weighted by Gasteiger charge is 2.18. The Bertz CT molecular complexity index is 200. The second-order valence-electron chi connectivity index (χ2n) is 3.76. The molecule has 1 heterocycles. The molecule has 1 saturated heterocycles. The maximum absolute atomic E-state index is 10.3. The van der Waals surface area contributed by atoms with Gasteiger partial charge in [-0.3, -0.25) is 9.80 Å². The van der Waals surface area contributed by atoms with E-state index in [4.69, 9.17) is 5.11 Å². The fourth-order valence-electron chi connectivity index (χ4n) is 1.83. The molecule has 0 aromatic heterocycles.